The second kappa shape index (κ2) is 9.84. The van der Waals surface area contributed by atoms with Crippen molar-refractivity contribution >= 4 is 17.8 Å². The van der Waals surface area contributed by atoms with Crippen LogP contribution in [0.1, 0.15) is 17.5 Å². The maximum Gasteiger partial charge on any atom is 0.277 e. The van der Waals surface area contributed by atoms with Crippen LogP contribution < -0.4 is 15.1 Å². The number of hydrazone groups is 1. The van der Waals surface area contributed by atoms with Crippen LogP contribution in [0, 0.1) is 18.3 Å². The minimum atomic E-state index is -0.324. The maximum absolute atomic E-state index is 11.8. The smallest absolute Gasteiger partial charge is 0.277 e. The van der Waals surface area contributed by atoms with Crippen molar-refractivity contribution < 1.29 is 9.53 Å². The third kappa shape index (κ3) is 6.29. The van der Waals surface area contributed by atoms with Crippen molar-refractivity contribution in [2.45, 2.75) is 13.3 Å². The molecule has 26 heavy (non-hydrogen) atoms. The van der Waals surface area contributed by atoms with Crippen molar-refractivity contribution in [2.24, 2.45) is 5.10 Å². The number of aryl methyl sites for hydroxylation is 1. The number of rotatable bonds is 8. The van der Waals surface area contributed by atoms with E-state index in [1.807, 2.05) is 61.3 Å². The molecule has 134 valence electrons. The van der Waals surface area contributed by atoms with Gasteiger partial charge in [0.05, 0.1) is 18.7 Å². The second-order valence-electron chi connectivity index (χ2n) is 5.82. The maximum atomic E-state index is 11.8. The first kappa shape index (κ1) is 19.0. The van der Waals surface area contributed by atoms with Gasteiger partial charge in [-0.25, -0.2) is 5.43 Å². The van der Waals surface area contributed by atoms with Gasteiger partial charge in [0.1, 0.15) is 5.75 Å². The summed E-state index contributed by atoms with van der Waals surface area (Å²) < 4.78 is 5.41. The molecular formula is C20H22N4O2. The molecule has 0 aliphatic heterocycles. The quantitative estimate of drug-likeness (QED) is 0.586. The Bertz CT molecular complexity index is 794. The zero-order chi connectivity index (χ0) is 18.8. The van der Waals surface area contributed by atoms with Gasteiger partial charge < -0.3 is 9.64 Å². The molecule has 0 aliphatic rings. The van der Waals surface area contributed by atoms with Crippen molar-refractivity contribution in [1.82, 2.24) is 5.43 Å². The van der Waals surface area contributed by atoms with Crippen LogP contribution in [0.4, 0.5) is 5.69 Å². The van der Waals surface area contributed by atoms with E-state index in [0.29, 0.717) is 18.7 Å². The number of carbonyl (C=O) groups is 1. The van der Waals surface area contributed by atoms with Crippen LogP contribution in [0.5, 0.6) is 5.75 Å². The van der Waals surface area contributed by atoms with Crippen LogP contribution in [0.15, 0.2) is 53.6 Å². The topological polar surface area (TPSA) is 77.7 Å². The van der Waals surface area contributed by atoms with Gasteiger partial charge in [-0.3, -0.25) is 4.79 Å². The van der Waals surface area contributed by atoms with Crippen molar-refractivity contribution in [1.29, 1.82) is 5.26 Å². The third-order valence-electron chi connectivity index (χ3n) is 3.66. The van der Waals surface area contributed by atoms with Crippen LogP contribution in [0.2, 0.25) is 0 Å². The number of hydrogen-bond donors (Lipinski definition) is 1. The van der Waals surface area contributed by atoms with Gasteiger partial charge in [-0.1, -0.05) is 24.3 Å². The first-order valence-electron chi connectivity index (χ1n) is 8.28. The molecule has 1 amide bonds. The Hall–Kier alpha value is -3.33. The first-order valence-corrected chi connectivity index (χ1v) is 8.28. The number of nitrogens with one attached hydrogen (secondary N) is 1. The normalized spacial score (nSPS) is 10.3. The Labute approximate surface area is 153 Å². The minimum absolute atomic E-state index is 0.0938. The molecule has 2 aromatic rings. The fourth-order valence-electron chi connectivity index (χ4n) is 2.23. The lowest BCUT2D eigenvalue weighted by Gasteiger charge is -2.17. The largest absolute Gasteiger partial charge is 0.484 e. The summed E-state index contributed by atoms with van der Waals surface area (Å²) in [6, 6.07) is 17.3. The van der Waals surface area contributed by atoms with Gasteiger partial charge in [0.2, 0.25) is 0 Å². The standard InChI is InChI=1S/C20H22N4O2/c1-16-5-3-6-19(13-16)26-15-20(25)23-22-14-17-7-9-18(10-8-17)24(2)12-4-11-21/h3,5-10,13-14H,4,12,15H2,1-2H3,(H,23,25)/b22-14-. The average molecular weight is 350 g/mol. The van der Waals surface area contributed by atoms with E-state index in [-0.39, 0.29) is 12.5 Å². The third-order valence-corrected chi connectivity index (χ3v) is 3.66. The Balaban J connectivity index is 1.78. The molecule has 6 heteroatoms. The molecule has 0 saturated heterocycles. The van der Waals surface area contributed by atoms with Crippen molar-refractivity contribution in [3.8, 4) is 11.8 Å². The highest BCUT2D eigenvalue weighted by atomic mass is 16.5. The van der Waals surface area contributed by atoms with E-state index in [1.165, 1.54) is 0 Å². The van der Waals surface area contributed by atoms with Crippen molar-refractivity contribution in [2.75, 3.05) is 25.1 Å². The van der Waals surface area contributed by atoms with E-state index < -0.39 is 0 Å². The molecule has 0 radical (unpaired) electrons. The summed E-state index contributed by atoms with van der Waals surface area (Å²) in [4.78, 5) is 13.8. The Morgan fingerprint density at radius 3 is 2.77 bits per heavy atom. The minimum Gasteiger partial charge on any atom is -0.484 e. The molecule has 2 rings (SSSR count). The fraction of sp³-hybridized carbons (Fsp3) is 0.250. The Morgan fingerprint density at radius 1 is 1.31 bits per heavy atom. The lowest BCUT2D eigenvalue weighted by atomic mass is 10.2. The van der Waals surface area contributed by atoms with Crippen LogP contribution in [-0.4, -0.2) is 32.3 Å². The lowest BCUT2D eigenvalue weighted by Crippen LogP contribution is -2.24. The summed E-state index contributed by atoms with van der Waals surface area (Å²) in [5, 5.41) is 12.6. The van der Waals surface area contributed by atoms with Gasteiger partial charge in [0, 0.05) is 19.3 Å². The molecule has 0 atom stereocenters. The highest BCUT2D eigenvalue weighted by Crippen LogP contribution is 2.13. The Morgan fingerprint density at radius 2 is 2.08 bits per heavy atom. The Kier molecular flexibility index (Phi) is 7.19. The molecule has 0 spiro atoms. The molecule has 6 nitrogen and oxygen atoms in total. The van der Waals surface area contributed by atoms with Crippen LogP contribution in [0.3, 0.4) is 0 Å². The fourth-order valence-corrected chi connectivity index (χ4v) is 2.23. The van der Waals surface area contributed by atoms with Crippen molar-refractivity contribution in [3.63, 3.8) is 0 Å². The summed E-state index contributed by atoms with van der Waals surface area (Å²) in [5.41, 5.74) is 5.40. The predicted octanol–water partition coefficient (Wildman–Crippen LogP) is 2.87. The van der Waals surface area contributed by atoms with Gasteiger partial charge in [-0.15, -0.1) is 0 Å². The zero-order valence-electron chi connectivity index (χ0n) is 15.0. The number of nitrogens with zero attached hydrogens (tertiary/aromatic N) is 3. The summed E-state index contributed by atoms with van der Waals surface area (Å²) in [6.07, 6.45) is 2.06. The number of benzene rings is 2. The molecule has 0 aromatic heterocycles. The van der Waals surface area contributed by atoms with E-state index in [9.17, 15) is 4.79 Å². The summed E-state index contributed by atoms with van der Waals surface area (Å²) in [7, 11) is 1.94. The van der Waals surface area contributed by atoms with Gasteiger partial charge in [0.25, 0.3) is 5.91 Å². The van der Waals surface area contributed by atoms with E-state index in [0.717, 1.165) is 16.8 Å². The lowest BCUT2D eigenvalue weighted by molar-refractivity contribution is -0.123. The van der Waals surface area contributed by atoms with E-state index in [4.69, 9.17) is 10.00 Å². The predicted molar refractivity (Wildman–Crippen MR) is 102 cm³/mol. The van der Waals surface area contributed by atoms with Crippen LogP contribution in [-0.2, 0) is 4.79 Å². The summed E-state index contributed by atoms with van der Waals surface area (Å²) in [5.74, 6) is 0.329. The summed E-state index contributed by atoms with van der Waals surface area (Å²) >= 11 is 0. The molecule has 0 bridgehead atoms. The van der Waals surface area contributed by atoms with Crippen molar-refractivity contribution in [3.05, 3.63) is 59.7 Å². The highest BCUT2D eigenvalue weighted by molar-refractivity contribution is 5.83. The van der Waals surface area contributed by atoms with E-state index in [2.05, 4.69) is 16.6 Å². The summed E-state index contributed by atoms with van der Waals surface area (Å²) in [6.45, 7) is 2.55. The van der Waals surface area contributed by atoms with Gasteiger partial charge in [-0.05, 0) is 42.3 Å². The van der Waals surface area contributed by atoms with Gasteiger partial charge in [0.15, 0.2) is 6.61 Å². The average Bonchev–Trinajstić information content (AvgIpc) is 2.65. The zero-order valence-corrected chi connectivity index (χ0v) is 15.0. The first-order chi connectivity index (χ1) is 12.6. The molecule has 0 saturated carbocycles. The molecule has 0 heterocycles. The molecule has 0 unspecified atom stereocenters. The monoisotopic (exact) mass is 350 g/mol. The number of nitriles is 1. The molecular weight excluding hydrogens is 328 g/mol. The number of carbonyl (C=O) groups excluding carboxylic acids is 1. The molecule has 0 aliphatic carbocycles. The SMILES string of the molecule is Cc1cccc(OCC(=O)N/N=C\c2ccc(N(C)CCC#N)cc2)c1. The van der Waals surface area contributed by atoms with Gasteiger partial charge >= 0.3 is 0 Å². The number of anilines is 1. The molecule has 2 aromatic carbocycles. The number of amides is 1. The van der Waals surface area contributed by atoms with Gasteiger partial charge in [-0.2, -0.15) is 10.4 Å². The van der Waals surface area contributed by atoms with Crippen LogP contribution >= 0.6 is 0 Å². The second-order valence-corrected chi connectivity index (χ2v) is 5.82. The number of ether oxygens (including phenoxy) is 1. The van der Waals surface area contributed by atoms with E-state index in [1.54, 1.807) is 12.3 Å². The van der Waals surface area contributed by atoms with E-state index >= 15 is 0 Å². The molecule has 0 fully saturated rings. The highest BCUT2D eigenvalue weighted by Gasteiger charge is 2.02. The number of hydrogen-bond acceptors (Lipinski definition) is 5. The van der Waals surface area contributed by atoms with Crippen LogP contribution in [0.25, 0.3) is 0 Å². The molecule has 1 N–H and O–H groups in total.